The third kappa shape index (κ3) is 14.8. The summed E-state index contributed by atoms with van der Waals surface area (Å²) in [4.78, 5) is 90.0. The fourth-order valence-electron chi connectivity index (χ4n) is 10.2. The van der Waals surface area contributed by atoms with Gasteiger partial charge in [-0.15, -0.1) is 0 Å². The Morgan fingerprint density at radius 3 is 2.08 bits per heavy atom. The van der Waals surface area contributed by atoms with Crippen molar-refractivity contribution in [2.75, 3.05) is 27.3 Å². The van der Waals surface area contributed by atoms with E-state index < -0.39 is 120 Å². The molecule has 3 aliphatic rings. The van der Waals surface area contributed by atoms with Crippen LogP contribution in [0.5, 0.6) is 0 Å². The van der Waals surface area contributed by atoms with Gasteiger partial charge in [-0.2, -0.15) is 0 Å². The highest BCUT2D eigenvalue weighted by Crippen LogP contribution is 2.42. The van der Waals surface area contributed by atoms with Crippen LogP contribution in [0.25, 0.3) is 6.08 Å². The Labute approximate surface area is 444 Å². The predicted molar refractivity (Wildman–Crippen MR) is 277 cm³/mol. The molecule has 412 valence electrons. The summed E-state index contributed by atoms with van der Waals surface area (Å²) < 4.78 is 55.0. The number of fused-ring (bicyclic) bond motifs is 1. The number of benzene rings is 3. The first-order valence-electron chi connectivity index (χ1n) is 25.8. The van der Waals surface area contributed by atoms with Crippen molar-refractivity contribution in [3.63, 3.8) is 0 Å². The number of methoxy groups -OCH3 is 1. The van der Waals surface area contributed by atoms with Gasteiger partial charge < -0.3 is 57.7 Å². The van der Waals surface area contributed by atoms with Gasteiger partial charge in [0, 0.05) is 38.5 Å². The summed E-state index contributed by atoms with van der Waals surface area (Å²) in [5.74, 6) is -6.00. The number of hydrogen-bond acceptors (Lipinski definition) is 17. The molecule has 0 aromatic heterocycles. The van der Waals surface area contributed by atoms with Gasteiger partial charge in [0.05, 0.1) is 29.6 Å². The van der Waals surface area contributed by atoms with Crippen LogP contribution < -0.4 is 5.32 Å². The number of ketones is 1. The highest BCUT2D eigenvalue weighted by Gasteiger charge is 2.59. The fraction of sp³-hybridized carbons (Fsp3) is 0.526. The predicted octanol–water partition coefficient (Wildman–Crippen LogP) is 8.61. The highest BCUT2D eigenvalue weighted by molar-refractivity contribution is 6.00. The Morgan fingerprint density at radius 2 is 1.46 bits per heavy atom. The first-order chi connectivity index (χ1) is 36.3. The van der Waals surface area contributed by atoms with Gasteiger partial charge in [0.1, 0.15) is 25.2 Å². The monoisotopic (exact) mass is 1060 g/mol. The van der Waals surface area contributed by atoms with E-state index in [0.29, 0.717) is 11.3 Å². The molecule has 2 amide bonds. The van der Waals surface area contributed by atoms with Gasteiger partial charge >= 0.3 is 24.4 Å². The van der Waals surface area contributed by atoms with E-state index in [1.807, 2.05) is 79.7 Å². The molecule has 0 saturated carbocycles. The molecule has 13 atom stereocenters. The lowest BCUT2D eigenvalue weighted by atomic mass is 9.74. The van der Waals surface area contributed by atoms with Crippen molar-refractivity contribution < 1.29 is 76.2 Å². The Morgan fingerprint density at radius 1 is 0.842 bits per heavy atom. The van der Waals surface area contributed by atoms with Crippen LogP contribution in [0.15, 0.2) is 102 Å². The van der Waals surface area contributed by atoms with E-state index in [2.05, 4.69) is 10.5 Å². The maximum Gasteiger partial charge on any atom is 0.509 e. The minimum atomic E-state index is -1.57. The van der Waals surface area contributed by atoms with E-state index in [4.69, 9.17) is 47.5 Å². The summed E-state index contributed by atoms with van der Waals surface area (Å²) in [5.41, 5.74) is -0.356. The number of rotatable bonds is 16. The summed E-state index contributed by atoms with van der Waals surface area (Å²) in [5, 5.41) is 7.33. The number of Topliss-reactive ketones (excluding diaryl/α,β-unsaturated/α-hetero) is 1. The Balaban J connectivity index is 1.36. The maximum absolute atomic E-state index is 14.9. The average molecular weight is 1060 g/mol. The van der Waals surface area contributed by atoms with E-state index in [1.165, 1.54) is 26.0 Å². The minimum Gasteiger partial charge on any atom is -0.457 e. The topological polar surface area (TPSA) is 222 Å². The van der Waals surface area contributed by atoms with Crippen LogP contribution in [0.4, 0.5) is 14.4 Å². The molecule has 3 aromatic carbocycles. The molecule has 1 N–H and O–H groups in total. The summed E-state index contributed by atoms with van der Waals surface area (Å²) >= 11 is 0. The van der Waals surface area contributed by atoms with Crippen molar-refractivity contribution in [1.82, 2.24) is 10.2 Å². The van der Waals surface area contributed by atoms with Gasteiger partial charge in [-0.05, 0) is 63.6 Å². The molecule has 0 radical (unpaired) electrons. The molecule has 19 nitrogen and oxygen atoms in total. The molecule has 19 heteroatoms. The zero-order valence-corrected chi connectivity index (χ0v) is 45.0. The SMILES string of the molecule is CC[C@H]1OC(=O)[C@H](C)C(=O)[C@H](C)[C@@H](O[C@@H]2O[C@H](C)C[C@H](N(C)C(=O)OCc3ccccc3)[C@H]2OC(=O)OCc2ccccc2)[C@@](C)(OC)C[C@@H](C)/C(=N\OCC(=O)NC/C=C\c2ccccc2)[C@H](C)[C@H]2OC(=O)O[C@@]21C. The third-order valence-electron chi connectivity index (χ3n) is 14.4. The molecule has 3 aliphatic heterocycles. The third-order valence-corrected chi connectivity index (χ3v) is 14.4. The Bertz CT molecular complexity index is 2500. The molecule has 0 spiro atoms. The van der Waals surface area contributed by atoms with Crippen molar-refractivity contribution in [3.8, 4) is 0 Å². The maximum atomic E-state index is 14.9. The Kier molecular flexibility index (Phi) is 20.6. The summed E-state index contributed by atoms with van der Waals surface area (Å²) in [7, 11) is 2.95. The normalized spacial score (nSPS) is 30.7. The molecule has 0 bridgehead atoms. The van der Waals surface area contributed by atoms with Crippen LogP contribution in [0.1, 0.15) is 91.3 Å². The zero-order chi connectivity index (χ0) is 55.2. The molecule has 0 unspecified atom stereocenters. The second-order valence-electron chi connectivity index (χ2n) is 20.1. The first kappa shape index (κ1) is 58.4. The quantitative estimate of drug-likeness (QED) is 0.0614. The number of esters is 1. The van der Waals surface area contributed by atoms with E-state index in [1.54, 1.807) is 71.9 Å². The van der Waals surface area contributed by atoms with Crippen LogP contribution in [-0.2, 0) is 75.1 Å². The smallest absolute Gasteiger partial charge is 0.457 e. The molecule has 6 rings (SSSR count). The van der Waals surface area contributed by atoms with E-state index in [9.17, 15) is 28.8 Å². The standard InChI is InChI=1S/C57H73N3O16/c1-11-44-57(8)50(75-55(66)76-57)37(4)46(59-70-34-45(61)58-29-21-28-40-22-15-12-16-23-40)35(2)31-56(7,67-10)49(38(5)47(62)39(6)51(63)72-44)74-52-48(73-54(65)69-33-42-26-19-14-20-27-42)43(30-36(3)71-52)60(9)53(64)68-32-41-24-17-13-18-25-41/h12-28,35-39,43-44,48-50,52H,11,29-34H2,1-10H3,(H,58,61)/b28-21-,59-46+/t35-,36-,37+,38+,39-,43+,44-,48-,49-,50-,52+,56+,57-/m1/s1. The Hall–Kier alpha value is -6.83. The number of amides is 2. The number of oxime groups is 1. The molecule has 3 aromatic rings. The van der Waals surface area contributed by atoms with Crippen LogP contribution in [0.3, 0.4) is 0 Å². The highest BCUT2D eigenvalue weighted by atomic mass is 16.8. The molecule has 0 aliphatic carbocycles. The van der Waals surface area contributed by atoms with Gasteiger partial charge in [-0.25, -0.2) is 14.4 Å². The number of carbonyl (C=O) groups is 6. The van der Waals surface area contributed by atoms with Crippen LogP contribution >= 0.6 is 0 Å². The molecule has 3 fully saturated rings. The lowest BCUT2D eigenvalue weighted by Crippen LogP contribution is -2.61. The van der Waals surface area contributed by atoms with Crippen molar-refractivity contribution >= 4 is 47.9 Å². The number of likely N-dealkylation sites (N-methyl/N-ethyl adjacent to an activating group) is 1. The van der Waals surface area contributed by atoms with Crippen LogP contribution in [-0.4, -0.2) is 128 Å². The lowest BCUT2D eigenvalue weighted by molar-refractivity contribution is -0.295. The number of nitrogens with zero attached hydrogens (tertiary/aromatic N) is 2. The number of cyclic esters (lactones) is 1. The van der Waals surface area contributed by atoms with Crippen LogP contribution in [0.2, 0.25) is 0 Å². The van der Waals surface area contributed by atoms with Crippen molar-refractivity contribution in [1.29, 1.82) is 0 Å². The van der Waals surface area contributed by atoms with Crippen LogP contribution in [0, 0.1) is 23.7 Å². The summed E-state index contributed by atoms with van der Waals surface area (Å²) in [6, 6.07) is 26.8. The first-order valence-corrected chi connectivity index (χ1v) is 25.8. The zero-order valence-electron chi connectivity index (χ0n) is 45.0. The second-order valence-corrected chi connectivity index (χ2v) is 20.1. The van der Waals surface area contributed by atoms with Gasteiger partial charge in [0.15, 0.2) is 36.5 Å². The number of carbonyl (C=O) groups excluding carboxylic acids is 6. The fourth-order valence-corrected chi connectivity index (χ4v) is 10.2. The molecule has 76 heavy (non-hydrogen) atoms. The summed E-state index contributed by atoms with van der Waals surface area (Å²) in [6.45, 7) is 13.0. The molecular weight excluding hydrogens is 983 g/mol. The van der Waals surface area contributed by atoms with Gasteiger partial charge in [0.2, 0.25) is 0 Å². The minimum absolute atomic E-state index is 0.0190. The largest absolute Gasteiger partial charge is 0.509 e. The molecule has 3 heterocycles. The second kappa shape index (κ2) is 26.8. The number of hydrogen-bond donors (Lipinski definition) is 1. The van der Waals surface area contributed by atoms with Gasteiger partial charge in [0.25, 0.3) is 5.91 Å². The number of ether oxygens (including phenoxy) is 9. The van der Waals surface area contributed by atoms with Crippen molar-refractivity contribution in [2.24, 2.45) is 28.8 Å². The van der Waals surface area contributed by atoms with Gasteiger partial charge in [-0.3, -0.25) is 14.4 Å². The lowest BCUT2D eigenvalue weighted by Gasteiger charge is -2.47. The van der Waals surface area contributed by atoms with E-state index >= 15 is 0 Å². The summed E-state index contributed by atoms with van der Waals surface area (Å²) in [6.07, 6.45) is -5.85. The average Bonchev–Trinajstić information content (AvgIpc) is 3.74. The molecular formula is C57H73N3O16. The number of nitrogens with one attached hydrogen (secondary N) is 1. The van der Waals surface area contributed by atoms with Gasteiger partial charge in [-0.1, -0.05) is 136 Å². The van der Waals surface area contributed by atoms with E-state index in [0.717, 1.165) is 11.1 Å². The van der Waals surface area contributed by atoms with E-state index in [-0.39, 0.29) is 39.0 Å². The van der Waals surface area contributed by atoms with Crippen molar-refractivity contribution in [3.05, 3.63) is 114 Å². The molecule has 3 saturated heterocycles. The van der Waals surface area contributed by atoms with Crippen molar-refractivity contribution in [2.45, 2.75) is 142 Å².